The van der Waals surface area contributed by atoms with Gasteiger partial charge < -0.3 is 15.1 Å². The SMILES string of the molecule is CCCN1CCC(N(C)C(=O)CNCC2CC2)CC1.Cl.Cl. The summed E-state index contributed by atoms with van der Waals surface area (Å²) in [5.41, 5.74) is 0. The van der Waals surface area contributed by atoms with E-state index in [2.05, 4.69) is 17.1 Å². The Morgan fingerprint density at radius 1 is 1.19 bits per heavy atom. The van der Waals surface area contributed by atoms with E-state index >= 15 is 0 Å². The van der Waals surface area contributed by atoms with Crippen molar-refractivity contribution in [2.24, 2.45) is 5.92 Å². The van der Waals surface area contributed by atoms with E-state index in [1.165, 1.54) is 25.8 Å². The van der Waals surface area contributed by atoms with Gasteiger partial charge in [0.15, 0.2) is 0 Å². The van der Waals surface area contributed by atoms with E-state index in [-0.39, 0.29) is 30.7 Å². The predicted octanol–water partition coefficient (Wildman–Crippen LogP) is 2.16. The molecule has 0 bridgehead atoms. The van der Waals surface area contributed by atoms with Crippen molar-refractivity contribution < 1.29 is 4.79 Å². The fourth-order valence-electron chi connectivity index (χ4n) is 2.88. The van der Waals surface area contributed by atoms with Crippen LogP contribution in [0.5, 0.6) is 0 Å². The summed E-state index contributed by atoms with van der Waals surface area (Å²) in [6, 6.07) is 0.448. The van der Waals surface area contributed by atoms with Crippen molar-refractivity contribution in [2.45, 2.75) is 45.1 Å². The van der Waals surface area contributed by atoms with Crippen molar-refractivity contribution in [3.05, 3.63) is 0 Å². The first-order chi connectivity index (χ1) is 9.20. The van der Waals surface area contributed by atoms with Crippen LogP contribution in [0.4, 0.5) is 0 Å². The number of piperidine rings is 1. The second-order valence-corrected chi connectivity index (χ2v) is 6.15. The van der Waals surface area contributed by atoms with Crippen LogP contribution in [0.15, 0.2) is 0 Å². The third kappa shape index (κ3) is 7.18. The Bertz CT molecular complexity index is 293. The van der Waals surface area contributed by atoms with Crippen molar-refractivity contribution in [2.75, 3.05) is 39.8 Å². The Labute approximate surface area is 141 Å². The lowest BCUT2D eigenvalue weighted by atomic mass is 10.0. The number of rotatable bonds is 7. The van der Waals surface area contributed by atoms with Crippen LogP contribution in [0.25, 0.3) is 0 Å². The van der Waals surface area contributed by atoms with Gasteiger partial charge in [-0.25, -0.2) is 0 Å². The van der Waals surface area contributed by atoms with E-state index in [9.17, 15) is 4.79 Å². The Morgan fingerprint density at radius 2 is 1.81 bits per heavy atom. The van der Waals surface area contributed by atoms with Crippen LogP contribution in [0, 0.1) is 5.92 Å². The maximum atomic E-state index is 12.1. The molecule has 1 amide bonds. The summed E-state index contributed by atoms with van der Waals surface area (Å²) in [7, 11) is 1.97. The Hall–Kier alpha value is -0.0300. The number of likely N-dealkylation sites (N-methyl/N-ethyl adjacent to an activating group) is 1. The average Bonchev–Trinajstić information content (AvgIpc) is 3.23. The summed E-state index contributed by atoms with van der Waals surface area (Å²) in [5, 5.41) is 3.29. The Kier molecular flexibility index (Phi) is 10.6. The molecule has 21 heavy (non-hydrogen) atoms. The largest absolute Gasteiger partial charge is 0.342 e. The maximum absolute atomic E-state index is 12.1. The summed E-state index contributed by atoms with van der Waals surface area (Å²) in [6.07, 6.45) is 6.17. The van der Waals surface area contributed by atoms with E-state index < -0.39 is 0 Å². The fraction of sp³-hybridized carbons (Fsp3) is 0.933. The van der Waals surface area contributed by atoms with Crippen molar-refractivity contribution in [3.8, 4) is 0 Å². The summed E-state index contributed by atoms with van der Waals surface area (Å²) >= 11 is 0. The Morgan fingerprint density at radius 3 is 2.33 bits per heavy atom. The number of nitrogens with zero attached hydrogens (tertiary/aromatic N) is 2. The summed E-state index contributed by atoms with van der Waals surface area (Å²) in [4.78, 5) is 16.6. The molecule has 1 aliphatic carbocycles. The van der Waals surface area contributed by atoms with E-state index in [4.69, 9.17) is 0 Å². The van der Waals surface area contributed by atoms with Crippen LogP contribution >= 0.6 is 24.8 Å². The van der Waals surface area contributed by atoms with Gasteiger partial charge in [-0.15, -0.1) is 24.8 Å². The smallest absolute Gasteiger partial charge is 0.236 e. The number of carbonyl (C=O) groups is 1. The zero-order valence-electron chi connectivity index (χ0n) is 13.3. The van der Waals surface area contributed by atoms with Crippen LogP contribution in [0.3, 0.4) is 0 Å². The highest BCUT2D eigenvalue weighted by molar-refractivity contribution is 5.85. The lowest BCUT2D eigenvalue weighted by molar-refractivity contribution is -0.131. The number of hydrogen-bond donors (Lipinski definition) is 1. The van der Waals surface area contributed by atoms with Gasteiger partial charge in [-0.2, -0.15) is 0 Å². The van der Waals surface area contributed by atoms with Crippen molar-refractivity contribution in [1.29, 1.82) is 0 Å². The molecule has 6 heteroatoms. The van der Waals surface area contributed by atoms with Gasteiger partial charge in [-0.3, -0.25) is 4.79 Å². The molecular weight excluding hydrogens is 309 g/mol. The minimum Gasteiger partial charge on any atom is -0.342 e. The van der Waals surface area contributed by atoms with E-state index in [1.54, 1.807) is 0 Å². The van der Waals surface area contributed by atoms with E-state index in [0.717, 1.165) is 38.4 Å². The molecule has 1 saturated heterocycles. The third-order valence-electron chi connectivity index (χ3n) is 4.44. The molecule has 126 valence electrons. The molecule has 0 radical (unpaired) electrons. The van der Waals surface area contributed by atoms with Gasteiger partial charge in [-0.1, -0.05) is 6.92 Å². The first-order valence-electron chi connectivity index (χ1n) is 7.89. The minimum absolute atomic E-state index is 0. The van der Waals surface area contributed by atoms with Gasteiger partial charge >= 0.3 is 0 Å². The highest BCUT2D eigenvalue weighted by Crippen LogP contribution is 2.27. The van der Waals surface area contributed by atoms with Crippen LogP contribution in [0.1, 0.15) is 39.0 Å². The molecule has 1 N–H and O–H groups in total. The number of hydrogen-bond acceptors (Lipinski definition) is 3. The number of amides is 1. The van der Waals surface area contributed by atoms with Gasteiger partial charge in [0.1, 0.15) is 0 Å². The van der Waals surface area contributed by atoms with Crippen molar-refractivity contribution in [3.63, 3.8) is 0 Å². The average molecular weight is 340 g/mol. The molecule has 4 nitrogen and oxygen atoms in total. The van der Waals surface area contributed by atoms with Gasteiger partial charge in [0.05, 0.1) is 6.54 Å². The van der Waals surface area contributed by atoms with Gasteiger partial charge in [0, 0.05) is 26.2 Å². The highest BCUT2D eigenvalue weighted by Gasteiger charge is 2.25. The Balaban J connectivity index is 0.00000200. The van der Waals surface area contributed by atoms with Gasteiger partial charge in [0.25, 0.3) is 0 Å². The predicted molar refractivity (Wildman–Crippen MR) is 92.6 cm³/mol. The van der Waals surface area contributed by atoms with Gasteiger partial charge in [0.2, 0.25) is 5.91 Å². The second-order valence-electron chi connectivity index (χ2n) is 6.15. The van der Waals surface area contributed by atoms with E-state index in [1.807, 2.05) is 11.9 Å². The first-order valence-corrected chi connectivity index (χ1v) is 7.89. The molecule has 2 fully saturated rings. The molecule has 0 aromatic carbocycles. The summed E-state index contributed by atoms with van der Waals surface area (Å²) in [6.45, 7) is 7.26. The normalized spacial score (nSPS) is 19.5. The molecule has 2 aliphatic rings. The van der Waals surface area contributed by atoms with Crippen molar-refractivity contribution in [1.82, 2.24) is 15.1 Å². The zero-order chi connectivity index (χ0) is 13.7. The lowest BCUT2D eigenvalue weighted by Crippen LogP contribution is -2.48. The molecule has 0 atom stereocenters. The molecule has 0 unspecified atom stereocenters. The standard InChI is InChI=1S/C15H29N3O.2ClH/c1-3-8-18-9-6-14(7-10-18)17(2)15(19)12-16-11-13-4-5-13;;/h13-14,16H,3-12H2,1-2H3;2*1H. The number of nitrogens with one attached hydrogen (secondary N) is 1. The van der Waals surface area contributed by atoms with Crippen LogP contribution < -0.4 is 5.32 Å². The molecular formula is C15H31Cl2N3O. The summed E-state index contributed by atoms with van der Waals surface area (Å²) < 4.78 is 0. The highest BCUT2D eigenvalue weighted by atomic mass is 35.5. The molecule has 0 aromatic heterocycles. The second kappa shape index (κ2) is 10.7. The van der Waals surface area contributed by atoms with Crippen LogP contribution in [-0.2, 0) is 4.79 Å². The third-order valence-corrected chi connectivity index (χ3v) is 4.44. The maximum Gasteiger partial charge on any atom is 0.236 e. The molecule has 0 aromatic rings. The topological polar surface area (TPSA) is 35.6 Å². The number of likely N-dealkylation sites (tertiary alicyclic amines) is 1. The molecule has 1 heterocycles. The van der Waals surface area contributed by atoms with Crippen LogP contribution in [-0.4, -0.2) is 61.5 Å². The van der Waals surface area contributed by atoms with Gasteiger partial charge in [-0.05, 0) is 51.1 Å². The zero-order valence-corrected chi connectivity index (χ0v) is 15.0. The molecule has 0 spiro atoms. The van der Waals surface area contributed by atoms with Crippen molar-refractivity contribution >= 4 is 30.7 Å². The molecule has 1 saturated carbocycles. The fourth-order valence-corrected chi connectivity index (χ4v) is 2.88. The molecule has 1 aliphatic heterocycles. The van der Waals surface area contributed by atoms with E-state index in [0.29, 0.717) is 12.6 Å². The first kappa shape index (κ1) is 21.0. The monoisotopic (exact) mass is 339 g/mol. The minimum atomic E-state index is 0. The van der Waals surface area contributed by atoms with Crippen LogP contribution in [0.2, 0.25) is 0 Å². The lowest BCUT2D eigenvalue weighted by Gasteiger charge is -2.36. The summed E-state index contributed by atoms with van der Waals surface area (Å²) in [5.74, 6) is 1.10. The number of halogens is 2. The number of carbonyl (C=O) groups excluding carboxylic acids is 1. The quantitative estimate of drug-likeness (QED) is 0.772. The molecule has 2 rings (SSSR count).